The largest absolute Gasteiger partial charge is 0.444 e. The summed E-state index contributed by atoms with van der Waals surface area (Å²) in [6.45, 7) is 11.6. The van der Waals surface area contributed by atoms with Gasteiger partial charge in [-0.1, -0.05) is 36.2 Å². The summed E-state index contributed by atoms with van der Waals surface area (Å²) < 4.78 is 5.22. The van der Waals surface area contributed by atoms with Crippen LogP contribution in [0.1, 0.15) is 39.7 Å². The molecule has 0 aromatic heterocycles. The number of ether oxygens (including phenoxy) is 1. The maximum Gasteiger partial charge on any atom is 0.407 e. The summed E-state index contributed by atoms with van der Waals surface area (Å²) in [7, 11) is 0. The predicted molar refractivity (Wildman–Crippen MR) is 116 cm³/mol. The number of nitrogens with one attached hydrogen (secondary N) is 1. The zero-order chi connectivity index (χ0) is 21.6. The summed E-state index contributed by atoms with van der Waals surface area (Å²) in [5.41, 5.74) is 0.584. The SMILES string of the molecule is C[C@H](CNC(=O)OC(C)(C)C)CC(=O)N1CCN(Cc2ccc(Cl)c(Cl)c2)CC1. The van der Waals surface area contributed by atoms with Crippen molar-refractivity contribution in [2.45, 2.75) is 46.3 Å². The molecule has 2 amide bonds. The normalized spacial score (nSPS) is 16.4. The third-order valence-electron chi connectivity index (χ3n) is 4.63. The minimum Gasteiger partial charge on any atom is -0.444 e. The minimum atomic E-state index is -0.528. The van der Waals surface area contributed by atoms with Crippen molar-refractivity contribution in [2.24, 2.45) is 5.92 Å². The smallest absolute Gasteiger partial charge is 0.407 e. The van der Waals surface area contributed by atoms with E-state index in [2.05, 4.69) is 10.2 Å². The number of rotatable bonds is 6. The molecule has 29 heavy (non-hydrogen) atoms. The summed E-state index contributed by atoms with van der Waals surface area (Å²) in [5, 5.41) is 3.85. The lowest BCUT2D eigenvalue weighted by Crippen LogP contribution is -2.48. The molecule has 1 aliphatic rings. The molecule has 1 atom stereocenters. The number of hydrogen-bond acceptors (Lipinski definition) is 4. The van der Waals surface area contributed by atoms with Crippen LogP contribution in [0, 0.1) is 5.92 Å². The molecule has 1 aromatic carbocycles. The molecule has 0 bridgehead atoms. The molecule has 1 aliphatic heterocycles. The number of piperazine rings is 1. The first-order chi connectivity index (χ1) is 13.5. The Hall–Kier alpha value is -1.50. The van der Waals surface area contributed by atoms with E-state index in [1.54, 1.807) is 0 Å². The van der Waals surface area contributed by atoms with Crippen LogP contribution in [-0.4, -0.2) is 60.1 Å². The van der Waals surface area contributed by atoms with Gasteiger partial charge in [0.05, 0.1) is 10.0 Å². The van der Waals surface area contributed by atoms with Gasteiger partial charge in [0.1, 0.15) is 5.60 Å². The van der Waals surface area contributed by atoms with Crippen molar-refractivity contribution in [3.63, 3.8) is 0 Å². The van der Waals surface area contributed by atoms with Gasteiger partial charge in [0.2, 0.25) is 5.91 Å². The van der Waals surface area contributed by atoms with Crippen molar-refractivity contribution in [3.05, 3.63) is 33.8 Å². The highest BCUT2D eigenvalue weighted by atomic mass is 35.5. The van der Waals surface area contributed by atoms with E-state index in [9.17, 15) is 9.59 Å². The maximum atomic E-state index is 12.6. The summed E-state index contributed by atoms with van der Waals surface area (Å²) >= 11 is 12.1. The highest BCUT2D eigenvalue weighted by Gasteiger charge is 2.23. The molecule has 0 spiro atoms. The van der Waals surface area contributed by atoms with E-state index in [1.807, 2.05) is 50.8 Å². The summed E-state index contributed by atoms with van der Waals surface area (Å²) in [6.07, 6.45) is -0.0458. The van der Waals surface area contributed by atoms with E-state index in [1.165, 1.54) is 0 Å². The van der Waals surface area contributed by atoms with Gasteiger partial charge in [0.15, 0.2) is 0 Å². The minimum absolute atomic E-state index is 0.0456. The van der Waals surface area contributed by atoms with Gasteiger partial charge in [-0.15, -0.1) is 0 Å². The maximum absolute atomic E-state index is 12.6. The van der Waals surface area contributed by atoms with Crippen LogP contribution in [-0.2, 0) is 16.1 Å². The second kappa shape index (κ2) is 10.5. The summed E-state index contributed by atoms with van der Waals surface area (Å²) in [4.78, 5) is 28.5. The second-order valence-corrected chi connectivity index (χ2v) is 9.41. The third kappa shape index (κ3) is 8.41. The van der Waals surface area contributed by atoms with Crippen molar-refractivity contribution in [1.29, 1.82) is 0 Å². The van der Waals surface area contributed by atoms with Crippen molar-refractivity contribution in [1.82, 2.24) is 15.1 Å². The Labute approximate surface area is 183 Å². The average molecular weight is 444 g/mol. The first kappa shape index (κ1) is 23.8. The number of amides is 2. The Morgan fingerprint density at radius 2 is 1.79 bits per heavy atom. The van der Waals surface area contributed by atoms with E-state index in [0.717, 1.165) is 25.2 Å². The van der Waals surface area contributed by atoms with Gasteiger partial charge in [0, 0.05) is 45.7 Å². The number of alkyl carbamates (subject to hydrolysis) is 1. The predicted octanol–water partition coefficient (Wildman–Crippen LogP) is 4.19. The first-order valence-electron chi connectivity index (χ1n) is 9.94. The van der Waals surface area contributed by atoms with Gasteiger partial charge >= 0.3 is 6.09 Å². The number of nitrogens with zero attached hydrogens (tertiary/aromatic N) is 2. The van der Waals surface area contributed by atoms with Crippen molar-refractivity contribution in [2.75, 3.05) is 32.7 Å². The first-order valence-corrected chi connectivity index (χ1v) is 10.7. The lowest BCUT2D eigenvalue weighted by atomic mass is 10.1. The lowest BCUT2D eigenvalue weighted by molar-refractivity contribution is -0.133. The van der Waals surface area contributed by atoms with Gasteiger partial charge in [-0.05, 0) is 44.4 Å². The molecule has 8 heteroatoms. The lowest BCUT2D eigenvalue weighted by Gasteiger charge is -2.35. The summed E-state index contributed by atoms with van der Waals surface area (Å²) in [6, 6.07) is 5.68. The number of carbonyl (C=O) groups excluding carboxylic acids is 2. The molecule has 1 heterocycles. The van der Waals surface area contributed by atoms with Crippen LogP contribution in [0.5, 0.6) is 0 Å². The van der Waals surface area contributed by atoms with Gasteiger partial charge in [-0.2, -0.15) is 0 Å². The van der Waals surface area contributed by atoms with Gasteiger partial charge in [-0.3, -0.25) is 9.69 Å². The Kier molecular flexibility index (Phi) is 8.61. The quantitative estimate of drug-likeness (QED) is 0.715. The molecule has 6 nitrogen and oxygen atoms in total. The van der Waals surface area contributed by atoms with Crippen LogP contribution >= 0.6 is 23.2 Å². The fourth-order valence-corrected chi connectivity index (χ4v) is 3.44. The summed E-state index contributed by atoms with van der Waals surface area (Å²) in [5.74, 6) is 0.168. The average Bonchev–Trinajstić information content (AvgIpc) is 2.62. The highest BCUT2D eigenvalue weighted by molar-refractivity contribution is 6.42. The van der Waals surface area contributed by atoms with E-state index in [-0.39, 0.29) is 11.8 Å². The Morgan fingerprint density at radius 3 is 2.38 bits per heavy atom. The number of hydrogen-bond donors (Lipinski definition) is 1. The molecular weight excluding hydrogens is 413 g/mol. The standard InChI is InChI=1S/C21H31Cl2N3O3/c1-15(13-24-20(28)29-21(2,3)4)11-19(27)26-9-7-25(8-10-26)14-16-5-6-17(22)18(23)12-16/h5-6,12,15H,7-11,13-14H2,1-4H3,(H,24,28)/t15-/m0/s1. The topological polar surface area (TPSA) is 61.9 Å². The fraction of sp³-hybridized carbons (Fsp3) is 0.619. The van der Waals surface area contributed by atoms with Crippen LogP contribution < -0.4 is 5.32 Å². The Bertz CT molecular complexity index is 714. The van der Waals surface area contributed by atoms with E-state index >= 15 is 0 Å². The van der Waals surface area contributed by atoms with Gasteiger partial charge in [-0.25, -0.2) is 4.79 Å². The molecule has 0 saturated carbocycles. The van der Waals surface area contributed by atoms with E-state index in [4.69, 9.17) is 27.9 Å². The monoisotopic (exact) mass is 443 g/mol. The number of benzene rings is 1. The molecule has 1 aromatic rings. The molecular formula is C21H31Cl2N3O3. The highest BCUT2D eigenvalue weighted by Crippen LogP contribution is 2.23. The van der Waals surface area contributed by atoms with Gasteiger partial charge in [0.25, 0.3) is 0 Å². The number of halogens is 2. The molecule has 2 rings (SSSR count). The van der Waals surface area contributed by atoms with Crippen LogP contribution in [0.3, 0.4) is 0 Å². The molecule has 1 N–H and O–H groups in total. The Balaban J connectivity index is 1.71. The van der Waals surface area contributed by atoms with E-state index < -0.39 is 11.7 Å². The third-order valence-corrected chi connectivity index (χ3v) is 5.37. The second-order valence-electron chi connectivity index (χ2n) is 8.60. The van der Waals surface area contributed by atoms with Crippen LogP contribution in [0.2, 0.25) is 10.0 Å². The van der Waals surface area contributed by atoms with Crippen molar-refractivity contribution in [3.8, 4) is 0 Å². The molecule has 1 saturated heterocycles. The van der Waals surface area contributed by atoms with Crippen molar-refractivity contribution >= 4 is 35.2 Å². The van der Waals surface area contributed by atoms with Crippen LogP contribution in [0.4, 0.5) is 4.79 Å². The van der Waals surface area contributed by atoms with Crippen molar-refractivity contribution < 1.29 is 14.3 Å². The van der Waals surface area contributed by atoms with E-state index in [0.29, 0.717) is 36.1 Å². The Morgan fingerprint density at radius 1 is 1.14 bits per heavy atom. The van der Waals surface area contributed by atoms with Crippen LogP contribution in [0.25, 0.3) is 0 Å². The zero-order valence-electron chi connectivity index (χ0n) is 17.6. The molecule has 1 fully saturated rings. The zero-order valence-corrected chi connectivity index (χ0v) is 19.1. The van der Waals surface area contributed by atoms with Crippen LogP contribution in [0.15, 0.2) is 18.2 Å². The van der Waals surface area contributed by atoms with Gasteiger partial charge < -0.3 is 15.0 Å². The molecule has 162 valence electrons. The number of carbonyl (C=O) groups is 2. The molecule has 0 aliphatic carbocycles. The fourth-order valence-electron chi connectivity index (χ4n) is 3.12. The molecule has 0 radical (unpaired) electrons. The molecule has 0 unspecified atom stereocenters.